The molecule has 1 saturated carbocycles. The van der Waals surface area contributed by atoms with E-state index in [1.54, 1.807) is 0 Å². The minimum atomic E-state index is -5.78. The van der Waals surface area contributed by atoms with Gasteiger partial charge < -0.3 is 30.2 Å². The van der Waals surface area contributed by atoms with Crippen LogP contribution in [0, 0.1) is 11.8 Å². The van der Waals surface area contributed by atoms with E-state index in [4.69, 9.17) is 9.79 Å². The maximum Gasteiger partial charge on any atom is 0.399 e. The Balaban J connectivity index is 1.19. The fraction of sp³-hybridized carbons (Fsp3) is 0.571. The average molecular weight is 657 g/mol. The maximum absolute atomic E-state index is 14.6. The number of hydrogen-bond donors (Lipinski definition) is 4. The molecule has 4 heterocycles. The first kappa shape index (κ1) is 31.0. The number of fused-ring (bicyclic) bond motifs is 3. The lowest BCUT2D eigenvalue weighted by Gasteiger charge is -2.35. The molecule has 44 heavy (non-hydrogen) atoms. The number of alkyl halides is 3. The van der Waals surface area contributed by atoms with Crippen LogP contribution in [0.3, 0.4) is 0 Å². The van der Waals surface area contributed by atoms with Gasteiger partial charge in [-0.15, -0.1) is 11.3 Å². The minimum absolute atomic E-state index is 0.0440. The molecule has 3 saturated heterocycles. The van der Waals surface area contributed by atoms with Gasteiger partial charge in [0.1, 0.15) is 18.3 Å². The van der Waals surface area contributed by atoms with E-state index in [0.717, 1.165) is 36.3 Å². The zero-order chi connectivity index (χ0) is 31.7. The molecule has 4 amide bonds. The van der Waals surface area contributed by atoms with Crippen molar-refractivity contribution in [2.24, 2.45) is 11.8 Å². The molecule has 3 aliphatic heterocycles. The molecule has 4 fully saturated rings. The Hall–Kier alpha value is -3.00. The molecule has 4 aliphatic rings. The molecule has 16 heteroatoms. The predicted molar refractivity (Wildman–Crippen MR) is 153 cm³/mol. The van der Waals surface area contributed by atoms with Crippen LogP contribution in [-0.4, -0.2) is 86.6 Å². The fourth-order valence-electron chi connectivity index (χ4n) is 6.82. The quantitative estimate of drug-likeness (QED) is 0.349. The third kappa shape index (κ3) is 5.63. The van der Waals surface area contributed by atoms with E-state index in [0.29, 0.717) is 29.9 Å². The third-order valence-corrected chi connectivity index (χ3v) is 11.4. The van der Waals surface area contributed by atoms with Gasteiger partial charge in [-0.25, -0.2) is 4.39 Å². The largest absolute Gasteiger partial charge is 0.399 e. The van der Waals surface area contributed by atoms with Crippen LogP contribution in [0.1, 0.15) is 54.3 Å². The van der Waals surface area contributed by atoms with Gasteiger partial charge in [-0.1, -0.05) is 6.07 Å². The van der Waals surface area contributed by atoms with Gasteiger partial charge >= 0.3 is 13.3 Å². The van der Waals surface area contributed by atoms with E-state index in [-0.39, 0.29) is 41.2 Å². The van der Waals surface area contributed by atoms with E-state index in [1.807, 2.05) is 0 Å². The number of carbonyl (C=O) groups excluding carboxylic acids is 4. The van der Waals surface area contributed by atoms with Gasteiger partial charge in [0.2, 0.25) is 17.7 Å². The second kappa shape index (κ2) is 11.1. The van der Waals surface area contributed by atoms with Gasteiger partial charge in [-0.3, -0.25) is 23.7 Å². The van der Waals surface area contributed by atoms with Crippen LogP contribution in [0.15, 0.2) is 24.3 Å². The van der Waals surface area contributed by atoms with Crippen molar-refractivity contribution in [3.63, 3.8) is 0 Å². The van der Waals surface area contributed by atoms with Crippen molar-refractivity contribution in [3.8, 4) is 0 Å². The van der Waals surface area contributed by atoms with Crippen molar-refractivity contribution < 1.29 is 46.7 Å². The first-order valence-corrected chi connectivity index (χ1v) is 16.9. The molecule has 2 aromatic rings. The standard InChI is InChI=1S/C28H32F3N4O7PS/c1-13(36)34-11-19(29)21(12-34)33-25(37)22-4-3-18-8-14-6-15(14)9-20(27(39)35(18)22)32-26(38)24-10-16-7-17(2-5-23(16)44-24)28(30,31)43(40,41)42/h2,5,7,10,14-15,18-22H,3-4,6,8-9,11-12H2,1H3,(H,32,38)(H,33,37)(H2,40,41,42)/t14-,15+,18+,19+,20-,21-,22-/m0/s1. The summed E-state index contributed by atoms with van der Waals surface area (Å²) in [6.45, 7) is 1.26. The van der Waals surface area contributed by atoms with Crippen LogP contribution in [0.4, 0.5) is 13.2 Å². The monoisotopic (exact) mass is 656 g/mol. The maximum atomic E-state index is 14.6. The van der Waals surface area contributed by atoms with Gasteiger partial charge in [-0.2, -0.15) is 8.78 Å². The van der Waals surface area contributed by atoms with Gasteiger partial charge in [0, 0.05) is 29.8 Å². The number of thiophene rings is 1. The number of hydrogen-bond acceptors (Lipinski definition) is 6. The smallest absolute Gasteiger partial charge is 0.347 e. The highest BCUT2D eigenvalue weighted by Crippen LogP contribution is 2.59. The number of rotatable bonds is 6. The Kier molecular flexibility index (Phi) is 7.83. The summed E-state index contributed by atoms with van der Waals surface area (Å²) in [5.41, 5.74) is -5.28. The number of halogens is 3. The third-order valence-electron chi connectivity index (χ3n) is 9.32. The van der Waals surface area contributed by atoms with Crippen molar-refractivity contribution in [1.82, 2.24) is 20.4 Å². The fourth-order valence-corrected chi connectivity index (χ4v) is 8.24. The lowest BCUT2D eigenvalue weighted by Crippen LogP contribution is -2.58. The normalized spacial score (nSPS) is 30.4. The van der Waals surface area contributed by atoms with Crippen LogP contribution >= 0.6 is 18.9 Å². The zero-order valence-corrected chi connectivity index (χ0v) is 25.3. The molecule has 0 spiro atoms. The summed E-state index contributed by atoms with van der Waals surface area (Å²) in [4.78, 5) is 73.5. The summed E-state index contributed by atoms with van der Waals surface area (Å²) in [7, 11) is -5.78. The number of nitrogens with one attached hydrogen (secondary N) is 2. The van der Waals surface area contributed by atoms with E-state index in [1.165, 1.54) is 28.9 Å². The number of nitrogens with zero attached hydrogens (tertiary/aromatic N) is 2. The molecular weight excluding hydrogens is 624 g/mol. The summed E-state index contributed by atoms with van der Waals surface area (Å²) >= 11 is 0.984. The van der Waals surface area contributed by atoms with E-state index in [2.05, 4.69) is 10.6 Å². The molecule has 1 aromatic carbocycles. The molecule has 238 valence electrons. The Morgan fingerprint density at radius 1 is 1.05 bits per heavy atom. The number of likely N-dealkylation sites (tertiary alicyclic amines) is 1. The van der Waals surface area contributed by atoms with Crippen LogP contribution in [0.2, 0.25) is 0 Å². The van der Waals surface area contributed by atoms with Crippen molar-refractivity contribution in [2.45, 2.75) is 75.0 Å². The Morgan fingerprint density at radius 2 is 1.77 bits per heavy atom. The first-order chi connectivity index (χ1) is 20.6. The first-order valence-electron chi connectivity index (χ1n) is 14.4. The van der Waals surface area contributed by atoms with Crippen LogP contribution in [0.25, 0.3) is 10.1 Å². The molecule has 0 radical (unpaired) electrons. The number of amides is 4. The topological polar surface area (TPSA) is 156 Å². The lowest BCUT2D eigenvalue weighted by molar-refractivity contribution is -0.143. The second-order valence-electron chi connectivity index (χ2n) is 12.2. The summed E-state index contributed by atoms with van der Waals surface area (Å²) in [5.74, 6) is -1.22. The van der Waals surface area contributed by atoms with E-state index >= 15 is 0 Å². The Bertz CT molecular complexity index is 1580. The van der Waals surface area contributed by atoms with Crippen molar-refractivity contribution >= 4 is 52.6 Å². The lowest BCUT2D eigenvalue weighted by atomic mass is 9.99. The predicted octanol–water partition coefficient (Wildman–Crippen LogP) is 2.70. The van der Waals surface area contributed by atoms with Crippen molar-refractivity contribution in [3.05, 3.63) is 34.7 Å². The zero-order valence-electron chi connectivity index (χ0n) is 23.6. The van der Waals surface area contributed by atoms with Gasteiger partial charge in [0.25, 0.3) is 5.91 Å². The van der Waals surface area contributed by atoms with Crippen LogP contribution in [-0.2, 0) is 24.6 Å². The summed E-state index contributed by atoms with van der Waals surface area (Å²) in [6, 6.07) is 1.54. The molecule has 4 N–H and O–H groups in total. The van der Waals surface area contributed by atoms with Crippen LogP contribution < -0.4 is 10.6 Å². The van der Waals surface area contributed by atoms with Gasteiger partial charge in [0.05, 0.1) is 17.5 Å². The van der Waals surface area contributed by atoms with Crippen molar-refractivity contribution in [1.29, 1.82) is 0 Å². The molecule has 1 aliphatic carbocycles. The highest BCUT2D eigenvalue weighted by Gasteiger charge is 2.52. The molecule has 6 rings (SSSR count). The molecule has 0 bridgehead atoms. The van der Waals surface area contributed by atoms with E-state index in [9.17, 15) is 36.9 Å². The van der Waals surface area contributed by atoms with Gasteiger partial charge in [-0.05, 0) is 67.5 Å². The minimum Gasteiger partial charge on any atom is -0.347 e. The Morgan fingerprint density at radius 3 is 2.45 bits per heavy atom. The average Bonchev–Trinajstić information content (AvgIpc) is 3.27. The highest BCUT2D eigenvalue weighted by atomic mass is 32.1. The van der Waals surface area contributed by atoms with Crippen LogP contribution in [0.5, 0.6) is 0 Å². The molecular formula is C28H32F3N4O7PS. The highest BCUT2D eigenvalue weighted by molar-refractivity contribution is 7.52. The molecule has 11 nitrogen and oxygen atoms in total. The Labute approximate surface area is 254 Å². The molecule has 0 unspecified atom stereocenters. The summed E-state index contributed by atoms with van der Waals surface area (Å²) < 4.78 is 54.9. The van der Waals surface area contributed by atoms with Gasteiger partial charge in [0.15, 0.2) is 0 Å². The number of benzene rings is 1. The van der Waals surface area contributed by atoms with Crippen molar-refractivity contribution in [2.75, 3.05) is 13.1 Å². The SMILES string of the molecule is CC(=O)N1C[C@@H](F)[C@@H](NC(=O)[C@@H]2CC[C@@H]3C[C@@H]4C[C@@H]4C[C@H](NC(=O)c4cc5cc(C(F)(F)P(=O)(O)O)ccc5s4)C(=O)N32)C1. The van der Waals surface area contributed by atoms with E-state index < -0.39 is 60.8 Å². The second-order valence-corrected chi connectivity index (χ2v) is 15.0. The summed E-state index contributed by atoms with van der Waals surface area (Å²) in [6.07, 6.45) is 1.56. The molecule has 1 aromatic heterocycles. The molecule has 7 atom stereocenters. The number of carbonyl (C=O) groups is 4. The summed E-state index contributed by atoms with van der Waals surface area (Å²) in [5, 5.41) is 5.67.